The van der Waals surface area contributed by atoms with Gasteiger partial charge in [0.15, 0.2) is 0 Å². The first-order valence-corrected chi connectivity index (χ1v) is 8.02. The molecule has 0 aromatic carbocycles. The lowest BCUT2D eigenvalue weighted by molar-refractivity contribution is -0.118. The van der Waals surface area contributed by atoms with E-state index in [1.54, 1.807) is 45.2 Å². The maximum Gasteiger partial charge on any atom is 0.407 e. The molecule has 0 radical (unpaired) electrons. The van der Waals surface area contributed by atoms with E-state index in [1.165, 1.54) is 6.08 Å². The molecule has 134 valence electrons. The number of rotatable bonds is 6. The highest BCUT2D eigenvalue weighted by molar-refractivity contribution is 5.92. The molecule has 1 unspecified atom stereocenters. The zero-order valence-electron chi connectivity index (χ0n) is 15.3. The van der Waals surface area contributed by atoms with Crippen molar-refractivity contribution in [1.82, 2.24) is 10.6 Å². The van der Waals surface area contributed by atoms with Crippen molar-refractivity contribution in [3.63, 3.8) is 0 Å². The summed E-state index contributed by atoms with van der Waals surface area (Å²) in [5.41, 5.74) is -1.17. The fourth-order valence-corrected chi connectivity index (χ4v) is 1.83. The lowest BCUT2D eigenvalue weighted by Crippen LogP contribution is -2.56. The van der Waals surface area contributed by atoms with Gasteiger partial charge in [0.25, 0.3) is 0 Å². The number of carbonyl (C=O) groups excluding carboxylic acids is 2. The minimum Gasteiger partial charge on any atom is -0.465 e. The second-order valence-electron chi connectivity index (χ2n) is 7.27. The monoisotopic (exact) mass is 336 g/mol. The molecule has 0 aliphatic heterocycles. The van der Waals surface area contributed by atoms with E-state index in [0.717, 1.165) is 0 Å². The Morgan fingerprint density at radius 2 is 1.96 bits per heavy atom. The van der Waals surface area contributed by atoms with Gasteiger partial charge in [-0.3, -0.25) is 4.79 Å². The second-order valence-corrected chi connectivity index (χ2v) is 7.27. The van der Waals surface area contributed by atoms with Crippen LogP contribution in [0.3, 0.4) is 0 Å². The second kappa shape index (κ2) is 8.04. The van der Waals surface area contributed by atoms with E-state index >= 15 is 0 Å². The van der Waals surface area contributed by atoms with E-state index < -0.39 is 17.2 Å². The van der Waals surface area contributed by atoms with Crippen LogP contribution >= 0.6 is 0 Å². The third-order valence-corrected chi connectivity index (χ3v) is 3.62. The molecule has 2 N–H and O–H groups in total. The van der Waals surface area contributed by atoms with Crippen molar-refractivity contribution < 1.29 is 18.7 Å². The van der Waals surface area contributed by atoms with E-state index in [1.807, 2.05) is 20.8 Å². The number of nitrogens with one attached hydrogen (secondary N) is 2. The van der Waals surface area contributed by atoms with Crippen LogP contribution in [0.1, 0.15) is 47.3 Å². The van der Waals surface area contributed by atoms with Crippen LogP contribution < -0.4 is 10.6 Å². The first kappa shape index (κ1) is 19.8. The summed E-state index contributed by atoms with van der Waals surface area (Å²) in [7, 11) is 0. The average Bonchev–Trinajstić information content (AvgIpc) is 2.94. The highest BCUT2D eigenvalue weighted by atomic mass is 16.6. The van der Waals surface area contributed by atoms with Gasteiger partial charge in [0.1, 0.15) is 11.4 Å². The molecule has 0 spiro atoms. The van der Waals surface area contributed by atoms with Crippen molar-refractivity contribution in [3.8, 4) is 0 Å². The van der Waals surface area contributed by atoms with Gasteiger partial charge in [-0.1, -0.05) is 13.8 Å². The highest BCUT2D eigenvalue weighted by Gasteiger charge is 2.31. The molecule has 0 saturated heterocycles. The van der Waals surface area contributed by atoms with Crippen LogP contribution in [0, 0.1) is 5.92 Å². The van der Waals surface area contributed by atoms with Gasteiger partial charge in [-0.05, 0) is 51.8 Å². The molecule has 1 atom stereocenters. The first-order valence-electron chi connectivity index (χ1n) is 8.02. The Labute approximate surface area is 143 Å². The maximum atomic E-state index is 12.1. The van der Waals surface area contributed by atoms with Gasteiger partial charge in [-0.2, -0.15) is 0 Å². The molecule has 1 rings (SSSR count). The van der Waals surface area contributed by atoms with Gasteiger partial charge >= 0.3 is 6.09 Å². The van der Waals surface area contributed by atoms with Gasteiger partial charge in [-0.15, -0.1) is 0 Å². The molecule has 6 nitrogen and oxygen atoms in total. The minimum absolute atomic E-state index is 0.105. The summed E-state index contributed by atoms with van der Waals surface area (Å²) in [6.45, 7) is 11.5. The predicted octanol–water partition coefficient (Wildman–Crippen LogP) is 3.35. The SMILES string of the molecule is CC(C)C(C)(CNC(=O)OC(C)(C)C)NC(=O)/C=C/c1ccco1. The van der Waals surface area contributed by atoms with Crippen LogP contribution in [0.4, 0.5) is 4.79 Å². The molecule has 1 heterocycles. The Hall–Kier alpha value is -2.24. The third kappa shape index (κ3) is 6.89. The van der Waals surface area contributed by atoms with Crippen LogP contribution in [0.5, 0.6) is 0 Å². The van der Waals surface area contributed by atoms with Crippen LogP contribution in [0.15, 0.2) is 28.9 Å². The quantitative estimate of drug-likeness (QED) is 0.781. The number of hydrogen-bond donors (Lipinski definition) is 2. The normalized spacial score (nSPS) is 14.5. The fourth-order valence-electron chi connectivity index (χ4n) is 1.83. The van der Waals surface area contributed by atoms with Crippen LogP contribution in [0.2, 0.25) is 0 Å². The number of carbonyl (C=O) groups is 2. The molecule has 24 heavy (non-hydrogen) atoms. The lowest BCUT2D eigenvalue weighted by atomic mass is 9.88. The van der Waals surface area contributed by atoms with Gasteiger partial charge in [0, 0.05) is 12.6 Å². The molecule has 0 bridgehead atoms. The van der Waals surface area contributed by atoms with E-state index in [0.29, 0.717) is 5.76 Å². The molecular weight excluding hydrogens is 308 g/mol. The van der Waals surface area contributed by atoms with E-state index in [9.17, 15) is 9.59 Å². The summed E-state index contributed by atoms with van der Waals surface area (Å²) < 4.78 is 10.4. The number of amides is 2. The van der Waals surface area contributed by atoms with Crippen LogP contribution in [-0.4, -0.2) is 29.7 Å². The van der Waals surface area contributed by atoms with Crippen molar-refractivity contribution in [3.05, 3.63) is 30.2 Å². The Morgan fingerprint density at radius 3 is 2.46 bits per heavy atom. The van der Waals surface area contributed by atoms with Gasteiger partial charge in [-0.25, -0.2) is 4.79 Å². The first-order chi connectivity index (χ1) is 11.0. The summed E-state index contributed by atoms with van der Waals surface area (Å²) >= 11 is 0. The molecule has 1 aromatic rings. The van der Waals surface area contributed by atoms with Crippen LogP contribution in [-0.2, 0) is 9.53 Å². The number of alkyl carbamates (subject to hydrolysis) is 1. The molecular formula is C18H28N2O4. The van der Waals surface area contributed by atoms with E-state index in [4.69, 9.17) is 9.15 Å². The summed E-state index contributed by atoms with van der Waals surface area (Å²) in [5, 5.41) is 5.65. The van der Waals surface area contributed by atoms with Crippen molar-refractivity contribution in [2.75, 3.05) is 6.54 Å². The van der Waals surface area contributed by atoms with Crippen molar-refractivity contribution in [2.24, 2.45) is 5.92 Å². The molecule has 0 aliphatic rings. The van der Waals surface area contributed by atoms with Crippen molar-refractivity contribution in [1.29, 1.82) is 0 Å². The molecule has 0 saturated carbocycles. The molecule has 0 aliphatic carbocycles. The van der Waals surface area contributed by atoms with Crippen LogP contribution in [0.25, 0.3) is 6.08 Å². The number of hydrogen-bond acceptors (Lipinski definition) is 4. The maximum absolute atomic E-state index is 12.1. The summed E-state index contributed by atoms with van der Waals surface area (Å²) in [4.78, 5) is 24.0. The number of ether oxygens (including phenoxy) is 1. The molecule has 1 aromatic heterocycles. The Morgan fingerprint density at radius 1 is 1.29 bits per heavy atom. The molecule has 6 heteroatoms. The highest BCUT2D eigenvalue weighted by Crippen LogP contribution is 2.16. The molecule has 0 fully saturated rings. The fraction of sp³-hybridized carbons (Fsp3) is 0.556. The Kier molecular flexibility index (Phi) is 6.63. The van der Waals surface area contributed by atoms with Gasteiger partial charge in [0.05, 0.1) is 11.8 Å². The van der Waals surface area contributed by atoms with Crippen molar-refractivity contribution in [2.45, 2.75) is 52.7 Å². The topological polar surface area (TPSA) is 80.6 Å². The predicted molar refractivity (Wildman–Crippen MR) is 93.4 cm³/mol. The zero-order chi connectivity index (χ0) is 18.4. The van der Waals surface area contributed by atoms with E-state index in [2.05, 4.69) is 10.6 Å². The Balaban J connectivity index is 2.63. The largest absolute Gasteiger partial charge is 0.465 e. The van der Waals surface area contributed by atoms with Gasteiger partial charge in [0.2, 0.25) is 5.91 Å². The Bertz CT molecular complexity index is 570. The zero-order valence-corrected chi connectivity index (χ0v) is 15.3. The van der Waals surface area contributed by atoms with Crippen molar-refractivity contribution >= 4 is 18.1 Å². The number of furan rings is 1. The summed E-state index contributed by atoms with van der Waals surface area (Å²) in [5.74, 6) is 0.449. The summed E-state index contributed by atoms with van der Waals surface area (Å²) in [6.07, 6.45) is 4.04. The molecule has 2 amide bonds. The lowest BCUT2D eigenvalue weighted by Gasteiger charge is -2.35. The van der Waals surface area contributed by atoms with Gasteiger partial charge < -0.3 is 19.8 Å². The smallest absolute Gasteiger partial charge is 0.407 e. The summed E-state index contributed by atoms with van der Waals surface area (Å²) in [6, 6.07) is 3.51. The minimum atomic E-state index is -0.610. The third-order valence-electron chi connectivity index (χ3n) is 3.62. The average molecular weight is 336 g/mol. The standard InChI is InChI=1S/C18H28N2O4/c1-13(2)18(6,12-19-16(22)24-17(3,4)5)20-15(21)10-9-14-8-7-11-23-14/h7-11,13H,12H2,1-6H3,(H,19,22)(H,20,21)/b10-9+. The van der Waals surface area contributed by atoms with E-state index in [-0.39, 0.29) is 18.4 Å².